The summed E-state index contributed by atoms with van der Waals surface area (Å²) in [5.74, 6) is 0. The molecule has 1 radical (unpaired) electrons. The molecule has 0 unspecified atom stereocenters. The number of fused-ring (bicyclic) bond motifs is 1. The number of hydrogen-bond donors (Lipinski definition) is 0. The number of benzene rings is 2. The monoisotopic (exact) mass is 233 g/mol. The Bertz CT molecular complexity index is 549. The third-order valence-electron chi connectivity index (χ3n) is 3.53. The van der Waals surface area contributed by atoms with Gasteiger partial charge < -0.3 is 0 Å². The first-order chi connectivity index (χ1) is 8.93. The average Bonchev–Trinajstić information content (AvgIpc) is 2.84. The molecule has 0 bridgehead atoms. The van der Waals surface area contributed by atoms with Gasteiger partial charge in [0.15, 0.2) is 0 Å². The minimum absolute atomic E-state index is 1.17. The lowest BCUT2D eigenvalue weighted by atomic mass is 9.99. The van der Waals surface area contributed by atoms with E-state index in [-0.39, 0.29) is 0 Å². The highest BCUT2D eigenvalue weighted by Gasteiger charge is 2.12. The standard InChI is InChI=1S/C18H17/c1-2-7-15(8-3-1)9-6-11-17-14-13-16-10-4-5-12-18(16)17/h1-5,7-8,10,12-14H,6,9,11H2. The zero-order chi connectivity index (χ0) is 12.2. The molecule has 18 heavy (non-hydrogen) atoms. The topological polar surface area (TPSA) is 0 Å². The molecule has 1 aliphatic rings. The van der Waals surface area contributed by atoms with Crippen LogP contribution in [0.2, 0.25) is 0 Å². The van der Waals surface area contributed by atoms with Crippen molar-refractivity contribution in [2.75, 3.05) is 0 Å². The molecule has 0 atom stereocenters. The number of aryl methyl sites for hydroxylation is 1. The maximum absolute atomic E-state index is 2.27. The van der Waals surface area contributed by atoms with E-state index in [1.54, 1.807) is 0 Å². The Hall–Kier alpha value is -1.82. The van der Waals surface area contributed by atoms with Gasteiger partial charge in [-0.2, -0.15) is 0 Å². The summed E-state index contributed by atoms with van der Waals surface area (Å²) < 4.78 is 0. The first-order valence-corrected chi connectivity index (χ1v) is 6.61. The highest BCUT2D eigenvalue weighted by molar-refractivity contribution is 5.76. The zero-order valence-electron chi connectivity index (χ0n) is 10.5. The lowest BCUT2D eigenvalue weighted by Crippen LogP contribution is -1.88. The summed E-state index contributed by atoms with van der Waals surface area (Å²) in [6, 6.07) is 19.4. The maximum Gasteiger partial charge on any atom is 0.0134 e. The van der Waals surface area contributed by atoms with Crippen molar-refractivity contribution in [3.8, 4) is 0 Å². The molecule has 1 aliphatic carbocycles. The molecule has 0 saturated heterocycles. The Morgan fingerprint density at radius 1 is 0.722 bits per heavy atom. The van der Waals surface area contributed by atoms with Crippen molar-refractivity contribution >= 4 is 5.57 Å². The Morgan fingerprint density at radius 3 is 2.39 bits per heavy atom. The fraction of sp³-hybridized carbons (Fsp3) is 0.167. The Labute approximate surface area is 109 Å². The van der Waals surface area contributed by atoms with E-state index >= 15 is 0 Å². The summed E-state index contributed by atoms with van der Waals surface area (Å²) in [6.45, 7) is 0. The van der Waals surface area contributed by atoms with Crippen molar-refractivity contribution in [3.05, 3.63) is 83.8 Å². The van der Waals surface area contributed by atoms with E-state index in [0.29, 0.717) is 0 Å². The van der Waals surface area contributed by atoms with E-state index in [2.05, 4.69) is 67.1 Å². The molecule has 0 fully saturated rings. The molecule has 0 heterocycles. The zero-order valence-corrected chi connectivity index (χ0v) is 10.5. The van der Waals surface area contributed by atoms with Crippen LogP contribution in [0.15, 0.2) is 60.7 Å². The van der Waals surface area contributed by atoms with Crippen molar-refractivity contribution < 1.29 is 0 Å². The molecule has 0 aromatic heterocycles. The van der Waals surface area contributed by atoms with Gasteiger partial charge >= 0.3 is 0 Å². The van der Waals surface area contributed by atoms with Crippen LogP contribution in [0, 0.1) is 6.42 Å². The third-order valence-corrected chi connectivity index (χ3v) is 3.53. The van der Waals surface area contributed by atoms with Gasteiger partial charge in [0.05, 0.1) is 0 Å². The predicted molar refractivity (Wildman–Crippen MR) is 77.2 cm³/mol. The van der Waals surface area contributed by atoms with Crippen molar-refractivity contribution in [2.45, 2.75) is 19.3 Å². The van der Waals surface area contributed by atoms with E-state index in [4.69, 9.17) is 0 Å². The molecule has 89 valence electrons. The lowest BCUT2D eigenvalue weighted by Gasteiger charge is -2.05. The highest BCUT2D eigenvalue weighted by atomic mass is 14.2. The van der Waals surface area contributed by atoms with Gasteiger partial charge in [0, 0.05) is 6.42 Å². The van der Waals surface area contributed by atoms with E-state index in [1.807, 2.05) is 0 Å². The summed E-state index contributed by atoms with van der Waals surface area (Å²) in [7, 11) is 0. The molecule has 0 N–H and O–H groups in total. The largest absolute Gasteiger partial charge is 0.0722 e. The van der Waals surface area contributed by atoms with Crippen molar-refractivity contribution in [3.63, 3.8) is 0 Å². The molecular formula is C18H17. The molecule has 0 heteroatoms. The van der Waals surface area contributed by atoms with Crippen LogP contribution < -0.4 is 0 Å². The average molecular weight is 233 g/mol. The van der Waals surface area contributed by atoms with E-state index in [1.165, 1.54) is 41.5 Å². The van der Waals surface area contributed by atoms with Crippen LogP contribution in [0.3, 0.4) is 0 Å². The molecule has 3 rings (SSSR count). The van der Waals surface area contributed by atoms with Crippen LogP contribution in [-0.2, 0) is 6.42 Å². The van der Waals surface area contributed by atoms with Gasteiger partial charge in [-0.25, -0.2) is 0 Å². The molecular weight excluding hydrogens is 216 g/mol. The second kappa shape index (κ2) is 5.22. The Morgan fingerprint density at radius 2 is 1.50 bits per heavy atom. The van der Waals surface area contributed by atoms with E-state index in [0.717, 1.165) is 0 Å². The first kappa shape index (κ1) is 11.3. The Balaban J connectivity index is 1.59. The lowest BCUT2D eigenvalue weighted by molar-refractivity contribution is 0.854. The molecule has 0 aliphatic heterocycles. The van der Waals surface area contributed by atoms with Crippen LogP contribution in [0.1, 0.15) is 29.5 Å². The molecule has 0 saturated carbocycles. The van der Waals surface area contributed by atoms with Crippen molar-refractivity contribution in [1.29, 1.82) is 0 Å². The summed E-state index contributed by atoms with van der Waals surface area (Å²) in [6.07, 6.45) is 8.06. The molecule has 2 aromatic rings. The molecule has 0 amide bonds. The highest BCUT2D eigenvalue weighted by Crippen LogP contribution is 2.31. The quantitative estimate of drug-likeness (QED) is 0.720. The van der Waals surface area contributed by atoms with Crippen molar-refractivity contribution in [2.24, 2.45) is 0 Å². The van der Waals surface area contributed by atoms with Gasteiger partial charge in [-0.05, 0) is 41.5 Å². The first-order valence-electron chi connectivity index (χ1n) is 6.61. The molecule has 0 spiro atoms. The van der Waals surface area contributed by atoms with Gasteiger partial charge in [-0.3, -0.25) is 0 Å². The summed E-state index contributed by atoms with van der Waals surface area (Å²) in [5.41, 5.74) is 5.72. The van der Waals surface area contributed by atoms with Crippen LogP contribution in [0.25, 0.3) is 5.57 Å². The Kier molecular flexibility index (Phi) is 3.27. The minimum Gasteiger partial charge on any atom is -0.0722 e. The second-order valence-corrected chi connectivity index (χ2v) is 4.78. The van der Waals surface area contributed by atoms with Gasteiger partial charge in [0.1, 0.15) is 0 Å². The van der Waals surface area contributed by atoms with Gasteiger partial charge in [0.25, 0.3) is 0 Å². The summed E-state index contributed by atoms with van der Waals surface area (Å²) in [4.78, 5) is 0. The van der Waals surface area contributed by atoms with Crippen LogP contribution in [0.4, 0.5) is 0 Å². The van der Waals surface area contributed by atoms with Crippen LogP contribution in [-0.4, -0.2) is 0 Å². The SMILES string of the molecule is [CH]1C=C(CCCc2ccccc2)c2ccccc21. The number of rotatable bonds is 4. The van der Waals surface area contributed by atoms with E-state index in [9.17, 15) is 0 Å². The molecule has 0 nitrogen and oxygen atoms in total. The van der Waals surface area contributed by atoms with Gasteiger partial charge in [-0.15, -0.1) is 0 Å². The summed E-state index contributed by atoms with van der Waals surface area (Å²) >= 11 is 0. The maximum atomic E-state index is 2.27. The van der Waals surface area contributed by atoms with Gasteiger partial charge in [0.2, 0.25) is 0 Å². The van der Waals surface area contributed by atoms with Gasteiger partial charge in [-0.1, -0.05) is 60.7 Å². The van der Waals surface area contributed by atoms with Crippen LogP contribution in [0.5, 0.6) is 0 Å². The van der Waals surface area contributed by atoms with E-state index < -0.39 is 0 Å². The van der Waals surface area contributed by atoms with Crippen LogP contribution >= 0.6 is 0 Å². The molecule has 2 aromatic carbocycles. The second-order valence-electron chi connectivity index (χ2n) is 4.78. The number of allylic oxidation sites excluding steroid dienone is 2. The third kappa shape index (κ3) is 2.38. The normalized spacial score (nSPS) is 13.2. The summed E-state index contributed by atoms with van der Waals surface area (Å²) in [5, 5.41) is 0. The smallest absolute Gasteiger partial charge is 0.0134 e. The predicted octanol–water partition coefficient (Wildman–Crippen LogP) is 4.66. The number of hydrogen-bond acceptors (Lipinski definition) is 0. The fourth-order valence-electron chi connectivity index (χ4n) is 2.56. The van der Waals surface area contributed by atoms with Crippen molar-refractivity contribution in [1.82, 2.24) is 0 Å². The minimum atomic E-state index is 1.17. The fourth-order valence-corrected chi connectivity index (χ4v) is 2.56.